The van der Waals surface area contributed by atoms with E-state index in [1.54, 1.807) is 0 Å². The Morgan fingerprint density at radius 2 is 2.40 bits per heavy atom. The monoisotopic (exact) mass is 206 g/mol. The molecule has 1 aromatic heterocycles. The van der Waals surface area contributed by atoms with Crippen LogP contribution in [-0.4, -0.2) is 30.1 Å². The molecule has 82 valence electrons. The molecule has 1 aliphatic rings. The van der Waals surface area contributed by atoms with Crippen molar-refractivity contribution in [1.29, 1.82) is 0 Å². The van der Waals surface area contributed by atoms with Gasteiger partial charge in [-0.25, -0.2) is 9.97 Å². The lowest BCUT2D eigenvalue weighted by molar-refractivity contribution is 0.727. The van der Waals surface area contributed by atoms with Crippen LogP contribution in [0.5, 0.6) is 0 Å². The van der Waals surface area contributed by atoms with Gasteiger partial charge in [-0.15, -0.1) is 0 Å². The Morgan fingerprint density at radius 3 is 3.13 bits per heavy atom. The summed E-state index contributed by atoms with van der Waals surface area (Å²) >= 11 is 0. The number of rotatable bonds is 3. The summed E-state index contributed by atoms with van der Waals surface area (Å²) in [6.07, 6.45) is 4.29. The van der Waals surface area contributed by atoms with Gasteiger partial charge in [-0.3, -0.25) is 0 Å². The first-order chi connectivity index (χ1) is 7.22. The largest absolute Gasteiger partial charge is 0.343 e. The fraction of sp³-hybridized carbons (Fsp3) is 0.636. The number of nitrogens with two attached hydrogens (primary N) is 1. The third-order valence-electron chi connectivity index (χ3n) is 3.00. The SMILES string of the molecule is CC1CCc2cnc(N(C)CCN)nc21. The molecule has 1 aliphatic carbocycles. The highest BCUT2D eigenvalue weighted by molar-refractivity contribution is 5.35. The second kappa shape index (κ2) is 4.14. The lowest BCUT2D eigenvalue weighted by atomic mass is 10.1. The van der Waals surface area contributed by atoms with E-state index in [1.807, 2.05) is 18.1 Å². The van der Waals surface area contributed by atoms with E-state index in [-0.39, 0.29) is 0 Å². The maximum Gasteiger partial charge on any atom is 0.225 e. The highest BCUT2D eigenvalue weighted by Gasteiger charge is 2.21. The van der Waals surface area contributed by atoms with Gasteiger partial charge in [-0.05, 0) is 24.3 Å². The Hall–Kier alpha value is -1.16. The molecule has 0 radical (unpaired) electrons. The lowest BCUT2D eigenvalue weighted by Crippen LogP contribution is -2.27. The molecule has 0 amide bonds. The predicted molar refractivity (Wildman–Crippen MR) is 61.1 cm³/mol. The molecule has 1 unspecified atom stereocenters. The first kappa shape index (κ1) is 10.4. The van der Waals surface area contributed by atoms with Crippen LogP contribution in [0.4, 0.5) is 5.95 Å². The summed E-state index contributed by atoms with van der Waals surface area (Å²) in [5.41, 5.74) is 8.05. The summed E-state index contributed by atoms with van der Waals surface area (Å²) < 4.78 is 0. The van der Waals surface area contributed by atoms with Gasteiger partial charge in [-0.1, -0.05) is 6.92 Å². The van der Waals surface area contributed by atoms with Crippen molar-refractivity contribution in [3.8, 4) is 0 Å². The van der Waals surface area contributed by atoms with Gasteiger partial charge in [0.05, 0.1) is 5.69 Å². The molecule has 0 spiro atoms. The minimum atomic E-state index is 0.577. The second-order valence-corrected chi connectivity index (χ2v) is 4.23. The van der Waals surface area contributed by atoms with Gasteiger partial charge in [0.25, 0.3) is 0 Å². The molecule has 0 aliphatic heterocycles. The summed E-state index contributed by atoms with van der Waals surface area (Å²) in [7, 11) is 1.98. The van der Waals surface area contributed by atoms with Gasteiger partial charge in [-0.2, -0.15) is 0 Å². The van der Waals surface area contributed by atoms with E-state index in [1.165, 1.54) is 17.7 Å². The number of nitrogens with zero attached hydrogens (tertiary/aromatic N) is 3. The van der Waals surface area contributed by atoms with Gasteiger partial charge < -0.3 is 10.6 Å². The second-order valence-electron chi connectivity index (χ2n) is 4.23. The molecular formula is C11H18N4. The zero-order valence-electron chi connectivity index (χ0n) is 9.40. The first-order valence-electron chi connectivity index (χ1n) is 5.49. The Morgan fingerprint density at radius 1 is 1.60 bits per heavy atom. The van der Waals surface area contributed by atoms with E-state index >= 15 is 0 Å². The molecule has 0 bridgehead atoms. The maximum absolute atomic E-state index is 5.51. The zero-order valence-corrected chi connectivity index (χ0v) is 9.40. The number of aryl methyl sites for hydroxylation is 1. The van der Waals surface area contributed by atoms with Crippen molar-refractivity contribution in [3.05, 3.63) is 17.5 Å². The molecule has 0 fully saturated rings. The lowest BCUT2D eigenvalue weighted by Gasteiger charge is -2.16. The Labute approximate surface area is 90.5 Å². The first-order valence-corrected chi connectivity index (χ1v) is 5.49. The quantitative estimate of drug-likeness (QED) is 0.799. The van der Waals surface area contributed by atoms with Crippen LogP contribution < -0.4 is 10.6 Å². The average molecular weight is 206 g/mol. The number of likely N-dealkylation sites (N-methyl/N-ethyl adjacent to an activating group) is 1. The summed E-state index contributed by atoms with van der Waals surface area (Å²) in [4.78, 5) is 11.0. The van der Waals surface area contributed by atoms with E-state index in [4.69, 9.17) is 5.73 Å². The van der Waals surface area contributed by atoms with E-state index in [2.05, 4.69) is 16.9 Å². The number of aromatic nitrogens is 2. The van der Waals surface area contributed by atoms with E-state index < -0.39 is 0 Å². The smallest absolute Gasteiger partial charge is 0.225 e. The molecule has 0 saturated heterocycles. The molecular weight excluding hydrogens is 188 g/mol. The minimum absolute atomic E-state index is 0.577. The molecule has 1 aromatic rings. The minimum Gasteiger partial charge on any atom is -0.343 e. The van der Waals surface area contributed by atoms with Crippen molar-refractivity contribution in [2.75, 3.05) is 25.0 Å². The third-order valence-corrected chi connectivity index (χ3v) is 3.00. The molecule has 1 heterocycles. The fourth-order valence-electron chi connectivity index (χ4n) is 2.02. The number of hydrogen-bond donors (Lipinski definition) is 1. The Bertz CT molecular complexity index is 350. The number of hydrogen-bond acceptors (Lipinski definition) is 4. The predicted octanol–water partition coefficient (Wildman–Crippen LogP) is 0.921. The molecule has 2 N–H and O–H groups in total. The molecule has 4 nitrogen and oxygen atoms in total. The molecule has 0 saturated carbocycles. The van der Waals surface area contributed by atoms with Gasteiger partial charge in [0, 0.05) is 26.3 Å². The van der Waals surface area contributed by atoms with Gasteiger partial charge >= 0.3 is 0 Å². The summed E-state index contributed by atoms with van der Waals surface area (Å²) in [5, 5.41) is 0. The average Bonchev–Trinajstić information content (AvgIpc) is 2.60. The van der Waals surface area contributed by atoms with Crippen molar-refractivity contribution in [3.63, 3.8) is 0 Å². The van der Waals surface area contributed by atoms with Crippen molar-refractivity contribution in [2.45, 2.75) is 25.7 Å². The van der Waals surface area contributed by atoms with Crippen LogP contribution >= 0.6 is 0 Å². The zero-order chi connectivity index (χ0) is 10.8. The third kappa shape index (κ3) is 1.95. The highest BCUT2D eigenvalue weighted by Crippen LogP contribution is 2.31. The van der Waals surface area contributed by atoms with Crippen LogP contribution in [0, 0.1) is 0 Å². The normalized spacial score (nSPS) is 19.0. The van der Waals surface area contributed by atoms with Gasteiger partial charge in [0.1, 0.15) is 0 Å². The van der Waals surface area contributed by atoms with Crippen LogP contribution in [-0.2, 0) is 6.42 Å². The molecule has 2 rings (SSSR count). The molecule has 1 atom stereocenters. The number of fused-ring (bicyclic) bond motifs is 1. The van der Waals surface area contributed by atoms with Crippen LogP contribution in [0.15, 0.2) is 6.20 Å². The Balaban J connectivity index is 2.25. The fourth-order valence-corrected chi connectivity index (χ4v) is 2.02. The van der Waals surface area contributed by atoms with Crippen LogP contribution in [0.2, 0.25) is 0 Å². The van der Waals surface area contributed by atoms with Gasteiger partial charge in [0.15, 0.2) is 0 Å². The van der Waals surface area contributed by atoms with Crippen molar-refractivity contribution in [2.24, 2.45) is 5.73 Å². The van der Waals surface area contributed by atoms with Crippen LogP contribution in [0.25, 0.3) is 0 Å². The van der Waals surface area contributed by atoms with Crippen molar-refractivity contribution < 1.29 is 0 Å². The standard InChI is InChI=1S/C11H18N4/c1-8-3-4-9-7-13-11(14-10(8)9)15(2)6-5-12/h7-8H,3-6,12H2,1-2H3. The number of anilines is 1. The highest BCUT2D eigenvalue weighted by atomic mass is 15.2. The maximum atomic E-state index is 5.51. The molecule has 4 heteroatoms. The van der Waals surface area contributed by atoms with Crippen molar-refractivity contribution in [1.82, 2.24) is 9.97 Å². The van der Waals surface area contributed by atoms with Gasteiger partial charge in [0.2, 0.25) is 5.95 Å². The Kier molecular flexibility index (Phi) is 2.86. The van der Waals surface area contributed by atoms with E-state index in [9.17, 15) is 0 Å². The summed E-state index contributed by atoms with van der Waals surface area (Å²) in [6.45, 7) is 3.66. The topological polar surface area (TPSA) is 55.0 Å². The van der Waals surface area contributed by atoms with Crippen LogP contribution in [0.3, 0.4) is 0 Å². The van der Waals surface area contributed by atoms with E-state index in [0.717, 1.165) is 18.9 Å². The van der Waals surface area contributed by atoms with Crippen LogP contribution in [0.1, 0.15) is 30.5 Å². The van der Waals surface area contributed by atoms with E-state index in [0.29, 0.717) is 12.5 Å². The summed E-state index contributed by atoms with van der Waals surface area (Å²) in [6, 6.07) is 0. The van der Waals surface area contributed by atoms with Crippen molar-refractivity contribution >= 4 is 5.95 Å². The molecule has 15 heavy (non-hydrogen) atoms. The molecule has 0 aromatic carbocycles. The summed E-state index contributed by atoms with van der Waals surface area (Å²) in [5.74, 6) is 1.38.